The summed E-state index contributed by atoms with van der Waals surface area (Å²) in [5.74, 6) is -0.706. The number of carboxylic acids is 1. The van der Waals surface area contributed by atoms with E-state index in [9.17, 15) is 9.90 Å². The molecule has 0 fully saturated rings. The largest absolute Gasteiger partial charge is 0.481 e. The van der Waals surface area contributed by atoms with E-state index in [2.05, 4.69) is 13.8 Å². The first-order chi connectivity index (χ1) is 7.41. The maximum atomic E-state index is 11.3. The molecule has 0 spiro atoms. The van der Waals surface area contributed by atoms with Crippen molar-refractivity contribution in [2.24, 2.45) is 5.92 Å². The average molecular weight is 220 g/mol. The average Bonchev–Trinajstić information content (AvgIpc) is 2.14. The molecule has 2 nitrogen and oxygen atoms in total. The summed E-state index contributed by atoms with van der Waals surface area (Å²) in [5.41, 5.74) is 3.20. The van der Waals surface area contributed by atoms with Crippen LogP contribution in [0.2, 0.25) is 0 Å². The quantitative estimate of drug-likeness (QED) is 0.843. The van der Waals surface area contributed by atoms with Crippen molar-refractivity contribution < 1.29 is 9.90 Å². The Morgan fingerprint density at radius 2 is 1.94 bits per heavy atom. The molecule has 88 valence electrons. The van der Waals surface area contributed by atoms with Crippen molar-refractivity contribution in [1.29, 1.82) is 0 Å². The van der Waals surface area contributed by atoms with E-state index in [0.29, 0.717) is 12.3 Å². The van der Waals surface area contributed by atoms with Gasteiger partial charge in [0.1, 0.15) is 0 Å². The van der Waals surface area contributed by atoms with Gasteiger partial charge in [-0.1, -0.05) is 37.6 Å². The third kappa shape index (κ3) is 3.09. The van der Waals surface area contributed by atoms with Crippen LogP contribution in [0.15, 0.2) is 18.2 Å². The molecule has 0 amide bonds. The smallest absolute Gasteiger partial charge is 0.310 e. The van der Waals surface area contributed by atoms with Crippen LogP contribution < -0.4 is 0 Å². The van der Waals surface area contributed by atoms with Gasteiger partial charge in [0.25, 0.3) is 0 Å². The summed E-state index contributed by atoms with van der Waals surface area (Å²) < 4.78 is 0. The lowest BCUT2D eigenvalue weighted by atomic mass is 9.87. The predicted molar refractivity (Wildman–Crippen MR) is 65.7 cm³/mol. The minimum atomic E-state index is -0.722. The van der Waals surface area contributed by atoms with Gasteiger partial charge in [0.05, 0.1) is 5.92 Å². The van der Waals surface area contributed by atoms with Gasteiger partial charge in [-0.3, -0.25) is 4.79 Å². The molecule has 0 aliphatic carbocycles. The van der Waals surface area contributed by atoms with Gasteiger partial charge in [0.15, 0.2) is 0 Å². The molecule has 0 aliphatic rings. The molecule has 16 heavy (non-hydrogen) atoms. The fourth-order valence-electron chi connectivity index (χ4n) is 2.05. The second kappa shape index (κ2) is 5.15. The lowest BCUT2D eigenvalue weighted by Crippen LogP contribution is -2.15. The van der Waals surface area contributed by atoms with Crippen molar-refractivity contribution in [1.82, 2.24) is 0 Å². The van der Waals surface area contributed by atoms with E-state index in [4.69, 9.17) is 0 Å². The van der Waals surface area contributed by atoms with E-state index >= 15 is 0 Å². The molecule has 2 heteroatoms. The first-order valence-corrected chi connectivity index (χ1v) is 5.71. The number of carboxylic acid groups (broad SMARTS) is 1. The summed E-state index contributed by atoms with van der Waals surface area (Å²) in [6, 6.07) is 5.98. The van der Waals surface area contributed by atoms with Gasteiger partial charge in [-0.15, -0.1) is 0 Å². The molecule has 0 heterocycles. The summed E-state index contributed by atoms with van der Waals surface area (Å²) in [6.45, 7) is 8.12. The maximum Gasteiger partial charge on any atom is 0.310 e. The Morgan fingerprint density at radius 1 is 1.31 bits per heavy atom. The molecular formula is C14H20O2. The van der Waals surface area contributed by atoms with Gasteiger partial charge in [0, 0.05) is 0 Å². The second-order valence-corrected chi connectivity index (χ2v) is 4.88. The van der Waals surface area contributed by atoms with E-state index in [-0.39, 0.29) is 5.92 Å². The number of carbonyl (C=O) groups is 1. The highest BCUT2D eigenvalue weighted by Crippen LogP contribution is 2.27. The van der Waals surface area contributed by atoms with Crippen LogP contribution in [0, 0.1) is 19.8 Å². The number of rotatable bonds is 4. The summed E-state index contributed by atoms with van der Waals surface area (Å²) in [7, 11) is 0. The van der Waals surface area contributed by atoms with Crippen molar-refractivity contribution >= 4 is 5.97 Å². The normalized spacial score (nSPS) is 12.8. The van der Waals surface area contributed by atoms with E-state index in [1.165, 1.54) is 5.56 Å². The fraction of sp³-hybridized carbons (Fsp3) is 0.500. The highest BCUT2D eigenvalue weighted by atomic mass is 16.4. The summed E-state index contributed by atoms with van der Waals surface area (Å²) in [5, 5.41) is 9.27. The highest BCUT2D eigenvalue weighted by Gasteiger charge is 2.22. The molecule has 1 unspecified atom stereocenters. The third-order valence-electron chi connectivity index (χ3n) is 2.81. The van der Waals surface area contributed by atoms with Crippen LogP contribution in [0.4, 0.5) is 0 Å². The van der Waals surface area contributed by atoms with E-state index in [1.54, 1.807) is 0 Å². The van der Waals surface area contributed by atoms with Crippen molar-refractivity contribution in [3.8, 4) is 0 Å². The van der Waals surface area contributed by atoms with Crippen molar-refractivity contribution in [3.63, 3.8) is 0 Å². The summed E-state index contributed by atoms with van der Waals surface area (Å²) in [4.78, 5) is 11.3. The second-order valence-electron chi connectivity index (χ2n) is 4.88. The molecule has 1 aromatic rings. The van der Waals surface area contributed by atoms with Gasteiger partial charge in [-0.05, 0) is 37.3 Å². The minimum absolute atomic E-state index is 0.374. The SMILES string of the molecule is Cc1ccc(C(CC(C)C)C(=O)O)c(C)c1. The van der Waals surface area contributed by atoms with Gasteiger partial charge in [0.2, 0.25) is 0 Å². The first-order valence-electron chi connectivity index (χ1n) is 5.71. The standard InChI is InChI=1S/C14H20O2/c1-9(2)7-13(14(15)16)12-6-5-10(3)8-11(12)4/h5-6,8-9,13H,7H2,1-4H3,(H,15,16). The lowest BCUT2D eigenvalue weighted by Gasteiger charge is -2.17. The van der Waals surface area contributed by atoms with Crippen LogP contribution >= 0.6 is 0 Å². The molecule has 1 aromatic carbocycles. The highest BCUT2D eigenvalue weighted by molar-refractivity contribution is 5.76. The van der Waals surface area contributed by atoms with Gasteiger partial charge in [-0.2, -0.15) is 0 Å². The Labute approximate surface area is 97.3 Å². The van der Waals surface area contributed by atoms with Gasteiger partial charge < -0.3 is 5.11 Å². The first kappa shape index (κ1) is 12.8. The zero-order chi connectivity index (χ0) is 12.3. The Bertz CT molecular complexity index is 380. The number of aryl methyl sites for hydroxylation is 2. The molecule has 0 radical (unpaired) electrons. The lowest BCUT2D eigenvalue weighted by molar-refractivity contribution is -0.139. The van der Waals surface area contributed by atoms with Gasteiger partial charge >= 0.3 is 5.97 Å². The zero-order valence-corrected chi connectivity index (χ0v) is 10.4. The monoisotopic (exact) mass is 220 g/mol. The Kier molecular flexibility index (Phi) is 4.11. The number of hydrogen-bond acceptors (Lipinski definition) is 1. The molecule has 1 atom stereocenters. The van der Waals surface area contributed by atoms with Crippen LogP contribution in [0.5, 0.6) is 0 Å². The van der Waals surface area contributed by atoms with Gasteiger partial charge in [-0.25, -0.2) is 0 Å². The Balaban J connectivity index is 3.06. The van der Waals surface area contributed by atoms with E-state index < -0.39 is 5.97 Å². The summed E-state index contributed by atoms with van der Waals surface area (Å²) >= 11 is 0. The molecule has 1 N–H and O–H groups in total. The third-order valence-corrected chi connectivity index (χ3v) is 2.81. The van der Waals surface area contributed by atoms with Crippen molar-refractivity contribution in [3.05, 3.63) is 34.9 Å². The van der Waals surface area contributed by atoms with Crippen LogP contribution in [-0.4, -0.2) is 11.1 Å². The molecule has 0 saturated carbocycles. The van der Waals surface area contributed by atoms with Crippen LogP contribution in [0.25, 0.3) is 0 Å². The molecule has 0 bridgehead atoms. The molecule has 1 rings (SSSR count). The van der Waals surface area contributed by atoms with E-state index in [0.717, 1.165) is 11.1 Å². The Hall–Kier alpha value is -1.31. The molecule has 0 aromatic heterocycles. The van der Waals surface area contributed by atoms with Crippen LogP contribution in [-0.2, 0) is 4.79 Å². The number of benzene rings is 1. The molecule has 0 saturated heterocycles. The van der Waals surface area contributed by atoms with Crippen molar-refractivity contribution in [2.45, 2.75) is 40.0 Å². The summed E-state index contributed by atoms with van der Waals surface area (Å²) in [6.07, 6.45) is 0.694. The van der Waals surface area contributed by atoms with E-state index in [1.807, 2.05) is 32.0 Å². The number of aliphatic carboxylic acids is 1. The predicted octanol–water partition coefficient (Wildman–Crippen LogP) is 3.52. The maximum absolute atomic E-state index is 11.3. The fourth-order valence-corrected chi connectivity index (χ4v) is 2.05. The van der Waals surface area contributed by atoms with Crippen LogP contribution in [0.3, 0.4) is 0 Å². The molecule has 0 aliphatic heterocycles. The van der Waals surface area contributed by atoms with Crippen LogP contribution in [0.1, 0.15) is 42.9 Å². The minimum Gasteiger partial charge on any atom is -0.481 e. The number of hydrogen-bond donors (Lipinski definition) is 1. The molecular weight excluding hydrogens is 200 g/mol. The van der Waals surface area contributed by atoms with Crippen molar-refractivity contribution in [2.75, 3.05) is 0 Å². The zero-order valence-electron chi connectivity index (χ0n) is 10.4. The topological polar surface area (TPSA) is 37.3 Å². The Morgan fingerprint density at radius 3 is 2.38 bits per heavy atom.